The monoisotopic (exact) mass is 325 g/mol. The molecule has 0 fully saturated rings. The standard InChI is InChI=1S/C18H15NO5/c20-16-13-8-4-5-9-14(13)17(21)19(16)15(18(22)23)11-24-10-12-6-2-1-3-7-12/h1-9,15H,10-11H2,(H,22,23). The van der Waals surface area contributed by atoms with Gasteiger partial charge in [0.1, 0.15) is 0 Å². The summed E-state index contributed by atoms with van der Waals surface area (Å²) in [4.78, 5) is 37.1. The van der Waals surface area contributed by atoms with E-state index >= 15 is 0 Å². The first-order valence-electron chi connectivity index (χ1n) is 7.41. The topological polar surface area (TPSA) is 83.9 Å². The van der Waals surface area contributed by atoms with Crippen LogP contribution in [0.1, 0.15) is 26.3 Å². The second kappa shape index (κ2) is 6.64. The normalized spacial score (nSPS) is 14.6. The molecule has 6 nitrogen and oxygen atoms in total. The third-order valence-corrected chi connectivity index (χ3v) is 3.81. The predicted molar refractivity (Wildman–Crippen MR) is 84.5 cm³/mol. The van der Waals surface area contributed by atoms with Gasteiger partial charge in [-0.05, 0) is 17.7 Å². The van der Waals surface area contributed by atoms with Crippen LogP contribution in [0.15, 0.2) is 54.6 Å². The van der Waals surface area contributed by atoms with Gasteiger partial charge < -0.3 is 9.84 Å². The minimum atomic E-state index is -1.36. The van der Waals surface area contributed by atoms with E-state index in [-0.39, 0.29) is 24.3 Å². The zero-order valence-electron chi connectivity index (χ0n) is 12.7. The van der Waals surface area contributed by atoms with E-state index in [1.165, 1.54) is 12.1 Å². The molecule has 6 heteroatoms. The van der Waals surface area contributed by atoms with Crippen LogP contribution in [0.5, 0.6) is 0 Å². The van der Waals surface area contributed by atoms with Gasteiger partial charge in [-0.1, -0.05) is 42.5 Å². The Hall–Kier alpha value is -2.99. The van der Waals surface area contributed by atoms with Crippen LogP contribution in [0, 0.1) is 0 Å². The summed E-state index contributed by atoms with van der Waals surface area (Å²) in [5.74, 6) is -2.49. The zero-order valence-corrected chi connectivity index (χ0v) is 12.7. The molecule has 1 aliphatic heterocycles. The number of carboxylic acid groups (broad SMARTS) is 1. The summed E-state index contributed by atoms with van der Waals surface area (Å²) in [6.07, 6.45) is 0. The first kappa shape index (κ1) is 15.9. The highest BCUT2D eigenvalue weighted by Crippen LogP contribution is 2.24. The summed E-state index contributed by atoms with van der Waals surface area (Å²) >= 11 is 0. The van der Waals surface area contributed by atoms with Crippen molar-refractivity contribution in [1.82, 2.24) is 4.90 Å². The molecule has 1 unspecified atom stereocenters. The van der Waals surface area contributed by atoms with Gasteiger partial charge >= 0.3 is 5.97 Å². The van der Waals surface area contributed by atoms with Crippen molar-refractivity contribution in [3.8, 4) is 0 Å². The van der Waals surface area contributed by atoms with E-state index in [9.17, 15) is 19.5 Å². The van der Waals surface area contributed by atoms with Crippen LogP contribution < -0.4 is 0 Å². The van der Waals surface area contributed by atoms with Crippen molar-refractivity contribution in [3.05, 3.63) is 71.3 Å². The second-order valence-electron chi connectivity index (χ2n) is 5.38. The number of carboxylic acids is 1. The number of aliphatic carboxylic acids is 1. The average Bonchev–Trinajstić information content (AvgIpc) is 2.84. The van der Waals surface area contributed by atoms with Crippen molar-refractivity contribution >= 4 is 17.8 Å². The molecule has 1 atom stereocenters. The molecule has 0 radical (unpaired) electrons. The highest BCUT2D eigenvalue weighted by molar-refractivity contribution is 6.22. The van der Waals surface area contributed by atoms with Crippen LogP contribution in [-0.4, -0.2) is 40.4 Å². The molecule has 0 aliphatic carbocycles. The summed E-state index contributed by atoms with van der Waals surface area (Å²) in [7, 11) is 0. The lowest BCUT2D eigenvalue weighted by Crippen LogP contribution is -2.47. The molecule has 0 saturated carbocycles. The van der Waals surface area contributed by atoms with Gasteiger partial charge in [-0.25, -0.2) is 4.79 Å². The minimum Gasteiger partial charge on any atom is -0.480 e. The van der Waals surface area contributed by atoms with Crippen LogP contribution in [0.2, 0.25) is 0 Å². The molecule has 0 aromatic heterocycles. The zero-order chi connectivity index (χ0) is 17.1. The molecule has 2 amide bonds. The number of ether oxygens (including phenoxy) is 1. The second-order valence-corrected chi connectivity index (χ2v) is 5.38. The Balaban J connectivity index is 1.74. The van der Waals surface area contributed by atoms with Gasteiger partial charge in [0.15, 0.2) is 6.04 Å². The molecule has 1 N–H and O–H groups in total. The van der Waals surface area contributed by atoms with E-state index in [4.69, 9.17) is 4.74 Å². The number of amides is 2. The first-order valence-corrected chi connectivity index (χ1v) is 7.41. The van der Waals surface area contributed by atoms with Crippen molar-refractivity contribution < 1.29 is 24.2 Å². The Bertz CT molecular complexity index is 752. The molecule has 1 heterocycles. The van der Waals surface area contributed by atoms with Crippen LogP contribution in [0.4, 0.5) is 0 Å². The third-order valence-electron chi connectivity index (χ3n) is 3.81. The van der Waals surface area contributed by atoms with Crippen LogP contribution >= 0.6 is 0 Å². The molecular formula is C18H15NO5. The molecule has 2 aromatic carbocycles. The van der Waals surface area contributed by atoms with E-state index in [1.54, 1.807) is 12.1 Å². The fraction of sp³-hybridized carbons (Fsp3) is 0.167. The molecule has 1 aliphatic rings. The van der Waals surface area contributed by atoms with Crippen LogP contribution in [0.3, 0.4) is 0 Å². The number of rotatable bonds is 6. The first-order chi connectivity index (χ1) is 11.6. The van der Waals surface area contributed by atoms with E-state index in [2.05, 4.69) is 0 Å². The van der Waals surface area contributed by atoms with Crippen LogP contribution in [0.25, 0.3) is 0 Å². The van der Waals surface area contributed by atoms with E-state index in [0.717, 1.165) is 10.5 Å². The summed E-state index contributed by atoms with van der Waals surface area (Å²) in [5, 5.41) is 9.42. The van der Waals surface area contributed by atoms with Gasteiger partial charge in [0.05, 0.1) is 24.3 Å². The fourth-order valence-electron chi connectivity index (χ4n) is 2.61. The smallest absolute Gasteiger partial charge is 0.329 e. The maximum absolute atomic E-state index is 12.4. The number of benzene rings is 2. The van der Waals surface area contributed by atoms with Gasteiger partial charge in [-0.3, -0.25) is 14.5 Å². The highest BCUT2D eigenvalue weighted by Gasteiger charge is 2.42. The van der Waals surface area contributed by atoms with E-state index < -0.39 is 23.8 Å². The maximum Gasteiger partial charge on any atom is 0.329 e. The summed E-state index contributed by atoms with van der Waals surface area (Å²) in [6, 6.07) is 14.2. The van der Waals surface area contributed by atoms with Gasteiger partial charge in [-0.15, -0.1) is 0 Å². The number of hydrogen-bond donors (Lipinski definition) is 1. The third kappa shape index (κ3) is 2.91. The summed E-state index contributed by atoms with van der Waals surface area (Å²) < 4.78 is 5.42. The summed E-state index contributed by atoms with van der Waals surface area (Å²) in [5.41, 5.74) is 1.32. The molecule has 122 valence electrons. The molecular weight excluding hydrogens is 310 g/mol. The number of nitrogens with zero attached hydrogens (tertiary/aromatic N) is 1. The lowest BCUT2D eigenvalue weighted by Gasteiger charge is -2.22. The van der Waals surface area contributed by atoms with Gasteiger partial charge in [0.2, 0.25) is 0 Å². The minimum absolute atomic E-state index is 0.202. The van der Waals surface area contributed by atoms with Gasteiger partial charge in [-0.2, -0.15) is 0 Å². The van der Waals surface area contributed by atoms with Crippen molar-refractivity contribution in [2.45, 2.75) is 12.6 Å². The maximum atomic E-state index is 12.4. The van der Waals surface area contributed by atoms with Gasteiger partial charge in [0, 0.05) is 0 Å². The van der Waals surface area contributed by atoms with Crippen molar-refractivity contribution in [2.24, 2.45) is 0 Å². The van der Waals surface area contributed by atoms with E-state index in [1.807, 2.05) is 30.3 Å². The molecule has 0 bridgehead atoms. The summed E-state index contributed by atoms with van der Waals surface area (Å²) in [6.45, 7) is -0.0660. The lowest BCUT2D eigenvalue weighted by molar-refractivity contribution is -0.143. The number of carbonyl (C=O) groups is 3. The largest absolute Gasteiger partial charge is 0.480 e. The number of imide groups is 1. The molecule has 24 heavy (non-hydrogen) atoms. The lowest BCUT2D eigenvalue weighted by atomic mass is 10.1. The number of hydrogen-bond acceptors (Lipinski definition) is 4. The molecule has 3 rings (SSSR count). The Morgan fingerprint density at radius 2 is 1.50 bits per heavy atom. The predicted octanol–water partition coefficient (Wildman–Crippen LogP) is 1.95. The van der Waals surface area contributed by atoms with Crippen molar-refractivity contribution in [2.75, 3.05) is 6.61 Å². The van der Waals surface area contributed by atoms with Crippen molar-refractivity contribution in [1.29, 1.82) is 0 Å². The Morgan fingerprint density at radius 3 is 2.04 bits per heavy atom. The molecule has 0 spiro atoms. The average molecular weight is 325 g/mol. The quantitative estimate of drug-likeness (QED) is 0.821. The van der Waals surface area contributed by atoms with E-state index in [0.29, 0.717) is 0 Å². The number of carbonyl (C=O) groups excluding carboxylic acids is 2. The fourth-order valence-corrected chi connectivity index (χ4v) is 2.61. The molecule has 2 aromatic rings. The molecule has 0 saturated heterocycles. The highest BCUT2D eigenvalue weighted by atomic mass is 16.5. The Kier molecular flexibility index (Phi) is 4.39. The SMILES string of the molecule is O=C(O)C(COCc1ccccc1)N1C(=O)c2ccccc2C1=O. The van der Waals surface area contributed by atoms with Crippen molar-refractivity contribution in [3.63, 3.8) is 0 Å². The van der Waals surface area contributed by atoms with Crippen LogP contribution in [-0.2, 0) is 16.1 Å². The number of fused-ring (bicyclic) bond motifs is 1. The van der Waals surface area contributed by atoms with Gasteiger partial charge in [0.25, 0.3) is 11.8 Å². The Morgan fingerprint density at radius 1 is 0.958 bits per heavy atom. The Labute approximate surface area is 138 Å².